The third-order valence-electron chi connectivity index (χ3n) is 5.05. The van der Waals surface area contributed by atoms with Gasteiger partial charge in [-0.1, -0.05) is 66.8 Å². The number of amidine groups is 1. The number of aliphatic imine (C=N–C) groups is 1. The highest BCUT2D eigenvalue weighted by Gasteiger charge is 2.33. The molecule has 0 unspecified atom stereocenters. The van der Waals surface area contributed by atoms with Crippen molar-refractivity contribution in [3.05, 3.63) is 97.8 Å². The van der Waals surface area contributed by atoms with Gasteiger partial charge in [-0.25, -0.2) is 4.99 Å². The van der Waals surface area contributed by atoms with Gasteiger partial charge >= 0.3 is 0 Å². The van der Waals surface area contributed by atoms with Crippen LogP contribution in [0.25, 0.3) is 6.08 Å². The van der Waals surface area contributed by atoms with Gasteiger partial charge in [0.2, 0.25) is 0 Å². The lowest BCUT2D eigenvalue weighted by atomic mass is 10.2. The van der Waals surface area contributed by atoms with E-state index in [0.29, 0.717) is 50.0 Å². The quantitative estimate of drug-likeness (QED) is 0.280. The highest BCUT2D eigenvalue weighted by molar-refractivity contribution is 8.18. The summed E-state index contributed by atoms with van der Waals surface area (Å²) in [5.74, 6) is 0.789. The van der Waals surface area contributed by atoms with Crippen LogP contribution in [0.3, 0.4) is 0 Å². The summed E-state index contributed by atoms with van der Waals surface area (Å²) in [5, 5.41) is 2.43. The van der Waals surface area contributed by atoms with Crippen molar-refractivity contribution < 1.29 is 9.53 Å². The van der Waals surface area contributed by atoms with Crippen molar-refractivity contribution in [2.45, 2.75) is 20.5 Å². The first-order valence-corrected chi connectivity index (χ1v) is 13.0. The molecule has 180 valence electrons. The largest absolute Gasteiger partial charge is 0.487 e. The Morgan fingerprint density at radius 1 is 0.971 bits per heavy atom. The Hall–Kier alpha value is -2.44. The van der Waals surface area contributed by atoms with Gasteiger partial charge in [0, 0.05) is 16.6 Å². The van der Waals surface area contributed by atoms with Gasteiger partial charge < -0.3 is 4.74 Å². The first-order valence-electron chi connectivity index (χ1n) is 11.0. The Kier molecular flexibility index (Phi) is 8.45. The van der Waals surface area contributed by atoms with Gasteiger partial charge in [0.05, 0.1) is 15.6 Å². The molecule has 1 fully saturated rings. The molecule has 1 amide bonds. The second-order valence-corrected chi connectivity index (χ2v) is 10.7. The summed E-state index contributed by atoms with van der Waals surface area (Å²) in [4.78, 5) is 20.2. The van der Waals surface area contributed by atoms with E-state index < -0.39 is 0 Å². The molecule has 0 aliphatic carbocycles. The maximum atomic E-state index is 13.2. The molecule has 35 heavy (non-hydrogen) atoms. The Morgan fingerprint density at radius 3 is 2.26 bits per heavy atom. The van der Waals surface area contributed by atoms with Gasteiger partial charge in [0.15, 0.2) is 5.17 Å². The molecule has 1 aliphatic heterocycles. The van der Waals surface area contributed by atoms with Crippen molar-refractivity contribution in [2.24, 2.45) is 10.9 Å². The minimum atomic E-state index is -0.0735. The normalized spacial score (nSPS) is 16.1. The molecule has 0 aromatic heterocycles. The molecule has 0 saturated carbocycles. The maximum Gasteiger partial charge on any atom is 0.266 e. The molecule has 8 heteroatoms. The van der Waals surface area contributed by atoms with Crippen LogP contribution in [0.1, 0.15) is 25.0 Å². The number of amides is 1. The molecule has 0 N–H and O–H groups in total. The zero-order valence-corrected chi connectivity index (χ0v) is 22.3. The van der Waals surface area contributed by atoms with Crippen LogP contribution >= 0.6 is 46.6 Å². The minimum Gasteiger partial charge on any atom is -0.487 e. The number of hydrogen-bond donors (Lipinski definition) is 0. The van der Waals surface area contributed by atoms with Gasteiger partial charge in [-0.05, 0) is 83.4 Å². The predicted octanol–water partition coefficient (Wildman–Crippen LogP) is 8.49. The molecule has 1 aliphatic rings. The third-order valence-corrected chi connectivity index (χ3v) is 6.85. The van der Waals surface area contributed by atoms with Crippen LogP contribution in [0.2, 0.25) is 15.1 Å². The van der Waals surface area contributed by atoms with Crippen LogP contribution in [-0.4, -0.2) is 22.5 Å². The smallest absolute Gasteiger partial charge is 0.266 e. The van der Waals surface area contributed by atoms with Crippen LogP contribution in [0, 0.1) is 5.92 Å². The van der Waals surface area contributed by atoms with Crippen LogP contribution in [0.5, 0.6) is 5.75 Å². The van der Waals surface area contributed by atoms with Crippen molar-refractivity contribution in [2.75, 3.05) is 6.54 Å². The highest BCUT2D eigenvalue weighted by atomic mass is 35.5. The van der Waals surface area contributed by atoms with Gasteiger partial charge in [0.1, 0.15) is 12.4 Å². The van der Waals surface area contributed by atoms with Crippen molar-refractivity contribution in [1.82, 2.24) is 4.90 Å². The first-order chi connectivity index (χ1) is 16.8. The van der Waals surface area contributed by atoms with Gasteiger partial charge in [-0.2, -0.15) is 0 Å². The van der Waals surface area contributed by atoms with Gasteiger partial charge in [0.25, 0.3) is 5.91 Å². The SMILES string of the molecule is CC(C)CN1C(=O)/C(=C/c2ccc(OCc3ccc(Cl)cc3)c(Cl)c2)SC1=Nc1ccc(Cl)cc1. The van der Waals surface area contributed by atoms with E-state index in [1.807, 2.05) is 54.6 Å². The van der Waals surface area contributed by atoms with E-state index in [1.54, 1.807) is 23.1 Å². The Balaban J connectivity index is 1.53. The van der Waals surface area contributed by atoms with Crippen molar-refractivity contribution in [1.29, 1.82) is 0 Å². The molecule has 1 heterocycles. The number of thioether (sulfide) groups is 1. The summed E-state index contributed by atoms with van der Waals surface area (Å²) >= 11 is 19.8. The third kappa shape index (κ3) is 6.83. The van der Waals surface area contributed by atoms with Crippen molar-refractivity contribution in [3.8, 4) is 5.75 Å². The van der Waals surface area contributed by atoms with Crippen LogP contribution in [0.15, 0.2) is 76.6 Å². The first kappa shape index (κ1) is 25.6. The lowest BCUT2D eigenvalue weighted by molar-refractivity contribution is -0.122. The molecule has 0 atom stereocenters. The molecule has 4 rings (SSSR count). The number of carbonyl (C=O) groups is 1. The monoisotopic (exact) mass is 544 g/mol. The van der Waals surface area contributed by atoms with E-state index in [-0.39, 0.29) is 5.91 Å². The number of halogens is 3. The van der Waals surface area contributed by atoms with Crippen LogP contribution in [0.4, 0.5) is 5.69 Å². The molecule has 4 nitrogen and oxygen atoms in total. The lowest BCUT2D eigenvalue weighted by Gasteiger charge is -2.17. The average Bonchev–Trinajstić information content (AvgIpc) is 3.09. The molecule has 1 saturated heterocycles. The zero-order valence-electron chi connectivity index (χ0n) is 19.2. The van der Waals surface area contributed by atoms with E-state index in [1.165, 1.54) is 11.8 Å². The van der Waals surface area contributed by atoms with Gasteiger partial charge in [-0.15, -0.1) is 0 Å². The number of benzene rings is 3. The molecule has 0 spiro atoms. The van der Waals surface area contributed by atoms with Crippen molar-refractivity contribution in [3.63, 3.8) is 0 Å². The fourth-order valence-electron chi connectivity index (χ4n) is 3.36. The Morgan fingerprint density at radius 2 is 1.63 bits per heavy atom. The van der Waals surface area contributed by atoms with Crippen molar-refractivity contribution >= 4 is 69.4 Å². The number of hydrogen-bond acceptors (Lipinski definition) is 4. The second-order valence-electron chi connectivity index (χ2n) is 8.40. The number of ether oxygens (including phenoxy) is 1. The second kappa shape index (κ2) is 11.5. The van der Waals surface area contributed by atoms with Crippen LogP contribution < -0.4 is 4.74 Å². The summed E-state index contributed by atoms with van der Waals surface area (Å²) in [5.41, 5.74) is 2.54. The summed E-state index contributed by atoms with van der Waals surface area (Å²) in [6.45, 7) is 5.10. The lowest BCUT2D eigenvalue weighted by Crippen LogP contribution is -2.32. The molecule has 3 aromatic carbocycles. The fourth-order valence-corrected chi connectivity index (χ4v) is 4.86. The Labute approximate surface area is 224 Å². The maximum absolute atomic E-state index is 13.2. The van der Waals surface area contributed by atoms with E-state index in [4.69, 9.17) is 44.5 Å². The summed E-state index contributed by atoms with van der Waals surface area (Å²) in [6, 6.07) is 20.2. The van der Waals surface area contributed by atoms with Gasteiger partial charge in [-0.3, -0.25) is 9.69 Å². The van der Waals surface area contributed by atoms with E-state index in [9.17, 15) is 4.79 Å². The average molecular weight is 546 g/mol. The summed E-state index contributed by atoms with van der Waals surface area (Å²) in [6.07, 6.45) is 1.83. The number of carbonyl (C=O) groups excluding carboxylic acids is 1. The van der Waals surface area contributed by atoms with E-state index in [2.05, 4.69) is 13.8 Å². The number of rotatable bonds is 7. The topological polar surface area (TPSA) is 41.9 Å². The molecule has 0 radical (unpaired) electrons. The standard InChI is InChI=1S/C27H23Cl3N2O2S/c1-17(2)15-32-26(33)25(35-27(32)31-22-10-8-21(29)9-11-22)14-19-5-12-24(23(30)13-19)34-16-18-3-6-20(28)7-4-18/h3-14,17H,15-16H2,1-2H3/b25-14-,31-27?. The fraction of sp³-hybridized carbons (Fsp3) is 0.185. The molecular formula is C27H23Cl3N2O2S. The molecular weight excluding hydrogens is 523 g/mol. The predicted molar refractivity (Wildman–Crippen MR) is 148 cm³/mol. The zero-order chi connectivity index (χ0) is 24.9. The summed E-state index contributed by atoms with van der Waals surface area (Å²) in [7, 11) is 0. The Bertz CT molecular complexity index is 1270. The number of nitrogens with zero attached hydrogens (tertiary/aromatic N) is 2. The minimum absolute atomic E-state index is 0.0735. The molecule has 3 aromatic rings. The summed E-state index contributed by atoms with van der Waals surface area (Å²) < 4.78 is 5.86. The van der Waals surface area contributed by atoms with E-state index >= 15 is 0 Å². The molecule has 0 bridgehead atoms. The highest BCUT2D eigenvalue weighted by Crippen LogP contribution is 2.36. The van der Waals surface area contributed by atoms with E-state index in [0.717, 1.165) is 16.8 Å². The van der Waals surface area contributed by atoms with Crippen LogP contribution in [-0.2, 0) is 11.4 Å².